The van der Waals surface area contributed by atoms with Gasteiger partial charge in [-0.3, -0.25) is 4.79 Å². The molecule has 1 aromatic heterocycles. The van der Waals surface area contributed by atoms with Crippen LogP contribution in [0.1, 0.15) is 34.7 Å². The monoisotopic (exact) mass is 345 g/mol. The van der Waals surface area contributed by atoms with Crippen LogP contribution in [0.5, 0.6) is 0 Å². The average molecular weight is 345 g/mol. The van der Waals surface area contributed by atoms with Gasteiger partial charge in [-0.15, -0.1) is 0 Å². The predicted octanol–water partition coefficient (Wildman–Crippen LogP) is 3.30. The molecule has 0 saturated carbocycles. The molecule has 0 saturated heterocycles. The Kier molecular flexibility index (Phi) is 3.96. The van der Waals surface area contributed by atoms with Gasteiger partial charge in [0.2, 0.25) is 5.91 Å². The number of nitrogens with two attached hydrogens (primary N) is 1. The van der Waals surface area contributed by atoms with E-state index in [1.54, 1.807) is 12.1 Å². The lowest BCUT2D eigenvalue weighted by molar-refractivity contribution is -0.119. The molecule has 2 aromatic carbocycles. The van der Waals surface area contributed by atoms with Crippen LogP contribution in [0.3, 0.4) is 0 Å². The molecule has 5 heteroatoms. The summed E-state index contributed by atoms with van der Waals surface area (Å²) < 4.78 is 15.6. The van der Waals surface area contributed by atoms with E-state index in [0.717, 1.165) is 27.7 Å². The number of nitrogens with zero attached hydrogens (tertiary/aromatic N) is 2. The second kappa shape index (κ2) is 6.30. The first kappa shape index (κ1) is 16.3. The van der Waals surface area contributed by atoms with Crippen molar-refractivity contribution in [2.45, 2.75) is 25.3 Å². The maximum atomic E-state index is 13.6. The van der Waals surface area contributed by atoms with E-state index in [-0.39, 0.29) is 5.82 Å². The van der Waals surface area contributed by atoms with Gasteiger partial charge >= 0.3 is 0 Å². The maximum absolute atomic E-state index is 13.6. The van der Waals surface area contributed by atoms with Crippen molar-refractivity contribution in [1.82, 2.24) is 4.57 Å². The lowest BCUT2D eigenvalue weighted by atomic mass is 9.86. The summed E-state index contributed by atoms with van der Waals surface area (Å²) in [7, 11) is 0. The molecule has 4 nitrogen and oxygen atoms in total. The van der Waals surface area contributed by atoms with E-state index in [0.29, 0.717) is 24.9 Å². The van der Waals surface area contributed by atoms with Gasteiger partial charge in [0.15, 0.2) is 0 Å². The zero-order chi connectivity index (χ0) is 18.3. The third kappa shape index (κ3) is 2.64. The van der Waals surface area contributed by atoms with E-state index in [9.17, 15) is 14.4 Å². The summed E-state index contributed by atoms with van der Waals surface area (Å²) in [5.41, 5.74) is 9.74. The minimum absolute atomic E-state index is 0.298. The maximum Gasteiger partial charge on any atom is 0.226 e. The van der Waals surface area contributed by atoms with Crippen LogP contribution in [-0.2, 0) is 17.8 Å². The van der Waals surface area contributed by atoms with Gasteiger partial charge in [-0.1, -0.05) is 12.1 Å². The van der Waals surface area contributed by atoms with Crippen LogP contribution in [0.15, 0.2) is 42.5 Å². The van der Waals surface area contributed by atoms with Gasteiger partial charge in [0.1, 0.15) is 5.82 Å². The molecule has 3 aromatic rings. The van der Waals surface area contributed by atoms with Crippen molar-refractivity contribution in [3.63, 3.8) is 0 Å². The number of halogens is 1. The number of carbonyl (C=O) groups excluding carboxylic acids is 1. The van der Waals surface area contributed by atoms with Crippen molar-refractivity contribution in [3.05, 3.63) is 77.1 Å². The van der Waals surface area contributed by atoms with E-state index in [2.05, 4.69) is 12.5 Å². The summed E-state index contributed by atoms with van der Waals surface area (Å²) in [6.07, 6.45) is 4.29. The average Bonchev–Trinajstić information content (AvgIpc) is 2.95. The molecule has 1 aliphatic carbocycles. The van der Waals surface area contributed by atoms with Crippen LogP contribution >= 0.6 is 0 Å². The summed E-state index contributed by atoms with van der Waals surface area (Å²) in [4.78, 5) is 12.0. The minimum Gasteiger partial charge on any atom is -0.369 e. The van der Waals surface area contributed by atoms with Crippen LogP contribution in [0, 0.1) is 23.6 Å². The molecule has 0 aliphatic heterocycles. The molecule has 0 bridgehead atoms. The Morgan fingerprint density at radius 3 is 2.92 bits per heavy atom. The fourth-order valence-corrected chi connectivity index (χ4v) is 3.76. The van der Waals surface area contributed by atoms with E-state index in [4.69, 9.17) is 5.73 Å². The number of hydrogen-bond donors (Lipinski definition) is 1. The smallest absolute Gasteiger partial charge is 0.226 e. The topological polar surface area (TPSA) is 71.8 Å². The Morgan fingerprint density at radius 1 is 1.35 bits per heavy atom. The van der Waals surface area contributed by atoms with Crippen molar-refractivity contribution >= 4 is 16.8 Å². The first-order valence-electron chi connectivity index (χ1n) is 8.38. The fraction of sp³-hybridized carbons (Fsp3) is 0.190. The molecule has 1 aliphatic rings. The van der Waals surface area contributed by atoms with Crippen molar-refractivity contribution < 1.29 is 9.18 Å². The Bertz CT molecular complexity index is 1060. The first-order chi connectivity index (χ1) is 12.6. The molecule has 26 heavy (non-hydrogen) atoms. The third-order valence-corrected chi connectivity index (χ3v) is 4.90. The van der Waals surface area contributed by atoms with Crippen LogP contribution in [-0.4, -0.2) is 10.5 Å². The largest absolute Gasteiger partial charge is 0.369 e. The number of fused-ring (bicyclic) bond motifs is 3. The number of amides is 1. The lowest BCUT2D eigenvalue weighted by Crippen LogP contribution is -2.27. The summed E-state index contributed by atoms with van der Waals surface area (Å²) in [6, 6.07) is 14.0. The SMILES string of the molecule is N#Cc1ccc2c(c1)c1c(n2Cc2cccc(F)c2)C(C(N)=O)C[C]C1. The van der Waals surface area contributed by atoms with Gasteiger partial charge in [-0.05, 0) is 60.7 Å². The fourth-order valence-electron chi connectivity index (χ4n) is 3.76. The molecule has 1 amide bonds. The second-order valence-corrected chi connectivity index (χ2v) is 6.51. The van der Waals surface area contributed by atoms with Gasteiger partial charge < -0.3 is 10.3 Å². The molecule has 0 spiro atoms. The van der Waals surface area contributed by atoms with Crippen molar-refractivity contribution in [2.75, 3.05) is 0 Å². The van der Waals surface area contributed by atoms with Crippen molar-refractivity contribution in [1.29, 1.82) is 5.26 Å². The highest BCUT2D eigenvalue weighted by Crippen LogP contribution is 2.39. The molecular formula is C21H16FN3O. The molecule has 0 fully saturated rings. The van der Waals surface area contributed by atoms with E-state index >= 15 is 0 Å². The van der Waals surface area contributed by atoms with Crippen LogP contribution < -0.4 is 5.73 Å². The third-order valence-electron chi connectivity index (χ3n) is 4.90. The summed E-state index contributed by atoms with van der Waals surface area (Å²) >= 11 is 0. The van der Waals surface area contributed by atoms with Crippen molar-refractivity contribution in [2.24, 2.45) is 5.73 Å². The summed E-state index contributed by atoms with van der Waals surface area (Å²) in [5.74, 6) is -1.17. The predicted molar refractivity (Wildman–Crippen MR) is 95.7 cm³/mol. The van der Waals surface area contributed by atoms with Gasteiger partial charge in [-0.25, -0.2) is 4.39 Å². The number of primary amides is 1. The van der Waals surface area contributed by atoms with E-state index in [1.807, 2.05) is 22.8 Å². The highest BCUT2D eigenvalue weighted by molar-refractivity contribution is 5.91. The number of nitriles is 1. The Morgan fingerprint density at radius 2 is 2.19 bits per heavy atom. The second-order valence-electron chi connectivity index (χ2n) is 6.51. The molecule has 1 unspecified atom stereocenters. The Labute approximate surface area is 150 Å². The van der Waals surface area contributed by atoms with Crippen LogP contribution in [0.25, 0.3) is 10.9 Å². The molecular weight excluding hydrogens is 329 g/mol. The molecule has 1 atom stereocenters. The Balaban J connectivity index is 1.96. The summed E-state index contributed by atoms with van der Waals surface area (Å²) in [6.45, 7) is 0.430. The van der Waals surface area contributed by atoms with Gasteiger partial charge in [0, 0.05) is 23.1 Å². The minimum atomic E-state index is -0.467. The molecule has 4 rings (SSSR count). The summed E-state index contributed by atoms with van der Waals surface area (Å²) in [5, 5.41) is 10.2. The highest BCUT2D eigenvalue weighted by Gasteiger charge is 2.31. The molecule has 2 N–H and O–H groups in total. The standard InChI is InChI=1S/C21H16FN3O/c22-15-4-1-3-14(9-15)12-25-19-8-7-13(11-23)10-18(19)16-5-2-6-17(20(16)25)21(24)26/h1,3-4,7-10,17H,5-6,12H2,(H2,24,26). The number of carbonyl (C=O) groups is 1. The van der Waals surface area contributed by atoms with Gasteiger partial charge in [0.25, 0.3) is 0 Å². The Hall–Kier alpha value is -3.13. The van der Waals surface area contributed by atoms with E-state index < -0.39 is 11.8 Å². The number of aromatic nitrogens is 1. The van der Waals surface area contributed by atoms with Crippen LogP contribution in [0.4, 0.5) is 4.39 Å². The zero-order valence-corrected chi connectivity index (χ0v) is 14.0. The normalized spacial score (nSPS) is 16.2. The molecule has 1 heterocycles. The highest BCUT2D eigenvalue weighted by atomic mass is 19.1. The molecule has 128 valence electrons. The zero-order valence-electron chi connectivity index (χ0n) is 14.0. The number of hydrogen-bond acceptors (Lipinski definition) is 2. The van der Waals surface area contributed by atoms with Gasteiger partial charge in [-0.2, -0.15) is 5.26 Å². The van der Waals surface area contributed by atoms with Gasteiger partial charge in [0.05, 0.1) is 17.6 Å². The lowest BCUT2D eigenvalue weighted by Gasteiger charge is -2.23. The van der Waals surface area contributed by atoms with E-state index in [1.165, 1.54) is 12.1 Å². The van der Waals surface area contributed by atoms with Crippen molar-refractivity contribution in [3.8, 4) is 6.07 Å². The molecule has 2 radical (unpaired) electrons. The number of benzene rings is 2. The quantitative estimate of drug-likeness (QED) is 0.791. The number of rotatable bonds is 3. The van der Waals surface area contributed by atoms with Crippen LogP contribution in [0.2, 0.25) is 0 Å². The first-order valence-corrected chi connectivity index (χ1v) is 8.38.